The molecule has 0 aliphatic carbocycles. The highest BCUT2D eigenvalue weighted by molar-refractivity contribution is 9.10. The first-order valence-corrected chi connectivity index (χ1v) is 6.43. The van der Waals surface area contributed by atoms with Gasteiger partial charge in [-0.2, -0.15) is 0 Å². The third-order valence-corrected chi connectivity index (χ3v) is 3.44. The van der Waals surface area contributed by atoms with Gasteiger partial charge < -0.3 is 9.51 Å². The Labute approximate surface area is 113 Å². The molecule has 0 atom stereocenters. The van der Waals surface area contributed by atoms with E-state index in [2.05, 4.69) is 33.0 Å². The lowest BCUT2D eigenvalue weighted by Gasteiger charge is -2.01. The van der Waals surface area contributed by atoms with Gasteiger partial charge in [-0.1, -0.05) is 30.3 Å². The zero-order valence-corrected chi connectivity index (χ0v) is 11.1. The van der Waals surface area contributed by atoms with Crippen LogP contribution < -0.4 is 0 Å². The van der Waals surface area contributed by atoms with Crippen LogP contribution in [0.2, 0.25) is 0 Å². The number of aromatic hydroxyl groups is 1. The van der Waals surface area contributed by atoms with E-state index in [0.29, 0.717) is 0 Å². The lowest BCUT2D eigenvalue weighted by atomic mass is 10.1. The number of nitrogens with zero attached hydrogens (tertiary/aromatic N) is 2. The third-order valence-electron chi connectivity index (χ3n) is 2.86. The van der Waals surface area contributed by atoms with E-state index < -0.39 is 0 Å². The molecule has 2 heterocycles. The minimum Gasteiger partial charge on any atom is -0.508 e. The van der Waals surface area contributed by atoms with E-state index in [1.54, 1.807) is 12.1 Å². The zero-order valence-electron chi connectivity index (χ0n) is 9.55. The highest BCUT2D eigenvalue weighted by Crippen LogP contribution is 2.23. The molecular formula is C14H11BrN2O. The SMILES string of the molecule is Oc1ccn2c(Cc3ccccc3)nc(Br)c2c1. The van der Waals surface area contributed by atoms with Crippen molar-refractivity contribution in [2.75, 3.05) is 0 Å². The molecule has 1 aromatic carbocycles. The Morgan fingerprint density at radius 1 is 1.17 bits per heavy atom. The summed E-state index contributed by atoms with van der Waals surface area (Å²) in [6.45, 7) is 0. The fourth-order valence-corrected chi connectivity index (χ4v) is 2.51. The number of rotatable bonds is 2. The van der Waals surface area contributed by atoms with E-state index in [4.69, 9.17) is 0 Å². The minimum atomic E-state index is 0.245. The Morgan fingerprint density at radius 3 is 2.72 bits per heavy atom. The summed E-state index contributed by atoms with van der Waals surface area (Å²) in [6, 6.07) is 13.6. The first-order valence-electron chi connectivity index (χ1n) is 5.63. The van der Waals surface area contributed by atoms with Gasteiger partial charge in [0.2, 0.25) is 0 Å². The molecule has 0 fully saturated rings. The summed E-state index contributed by atoms with van der Waals surface area (Å²) in [5, 5.41) is 9.49. The Morgan fingerprint density at radius 2 is 1.94 bits per heavy atom. The van der Waals surface area contributed by atoms with Crippen molar-refractivity contribution in [2.45, 2.75) is 6.42 Å². The van der Waals surface area contributed by atoms with Crippen molar-refractivity contribution >= 4 is 21.4 Å². The largest absolute Gasteiger partial charge is 0.508 e. The standard InChI is InChI=1S/C14H11BrN2O/c15-14-12-9-11(18)6-7-17(12)13(16-14)8-10-4-2-1-3-5-10/h1-7,9,18H,8H2. The molecule has 18 heavy (non-hydrogen) atoms. The minimum absolute atomic E-state index is 0.245. The number of hydrogen-bond acceptors (Lipinski definition) is 2. The molecular weight excluding hydrogens is 292 g/mol. The molecule has 0 saturated heterocycles. The van der Waals surface area contributed by atoms with Crippen molar-refractivity contribution in [3.63, 3.8) is 0 Å². The molecule has 0 unspecified atom stereocenters. The molecule has 1 N–H and O–H groups in total. The number of pyridine rings is 1. The topological polar surface area (TPSA) is 37.5 Å². The highest BCUT2D eigenvalue weighted by Gasteiger charge is 2.09. The van der Waals surface area contributed by atoms with Crippen LogP contribution in [0, 0.1) is 0 Å². The molecule has 0 bridgehead atoms. The van der Waals surface area contributed by atoms with Crippen molar-refractivity contribution in [1.82, 2.24) is 9.38 Å². The fraction of sp³-hybridized carbons (Fsp3) is 0.0714. The summed E-state index contributed by atoms with van der Waals surface area (Å²) in [7, 11) is 0. The van der Waals surface area contributed by atoms with Gasteiger partial charge in [-0.15, -0.1) is 0 Å². The molecule has 0 saturated carbocycles. The predicted molar refractivity (Wildman–Crippen MR) is 73.8 cm³/mol. The molecule has 3 nitrogen and oxygen atoms in total. The Kier molecular flexibility index (Phi) is 2.80. The summed E-state index contributed by atoms with van der Waals surface area (Å²) < 4.78 is 2.74. The zero-order chi connectivity index (χ0) is 12.5. The lowest BCUT2D eigenvalue weighted by molar-refractivity contribution is 0.475. The van der Waals surface area contributed by atoms with Gasteiger partial charge >= 0.3 is 0 Å². The smallest absolute Gasteiger partial charge is 0.132 e. The van der Waals surface area contributed by atoms with Gasteiger partial charge in [0.15, 0.2) is 0 Å². The van der Waals surface area contributed by atoms with E-state index >= 15 is 0 Å². The summed E-state index contributed by atoms with van der Waals surface area (Å²) in [6.07, 6.45) is 2.60. The van der Waals surface area contributed by atoms with Crippen molar-refractivity contribution < 1.29 is 5.11 Å². The summed E-state index contributed by atoms with van der Waals surface area (Å²) in [5.74, 6) is 1.19. The van der Waals surface area contributed by atoms with E-state index in [1.165, 1.54) is 5.56 Å². The van der Waals surface area contributed by atoms with Gasteiger partial charge in [0.05, 0.1) is 5.52 Å². The monoisotopic (exact) mass is 302 g/mol. The van der Waals surface area contributed by atoms with E-state index in [0.717, 1.165) is 22.4 Å². The van der Waals surface area contributed by atoms with Crippen molar-refractivity contribution in [2.24, 2.45) is 0 Å². The van der Waals surface area contributed by atoms with Gasteiger partial charge in [-0.05, 0) is 27.6 Å². The lowest BCUT2D eigenvalue weighted by Crippen LogP contribution is -1.95. The van der Waals surface area contributed by atoms with Crippen LogP contribution in [0.3, 0.4) is 0 Å². The number of halogens is 1. The predicted octanol–water partition coefficient (Wildman–Crippen LogP) is 3.39. The summed E-state index contributed by atoms with van der Waals surface area (Å²) >= 11 is 3.42. The molecule has 0 aliphatic rings. The van der Waals surface area contributed by atoms with Gasteiger partial charge in [0, 0.05) is 18.7 Å². The normalized spacial score (nSPS) is 10.9. The van der Waals surface area contributed by atoms with Crippen molar-refractivity contribution in [3.8, 4) is 5.75 Å². The molecule has 3 rings (SSSR count). The van der Waals surface area contributed by atoms with Crippen LogP contribution in [0.15, 0.2) is 53.3 Å². The molecule has 4 heteroatoms. The maximum Gasteiger partial charge on any atom is 0.132 e. The Bertz CT molecular complexity index is 692. The van der Waals surface area contributed by atoms with Gasteiger partial charge in [-0.3, -0.25) is 0 Å². The number of fused-ring (bicyclic) bond motifs is 1. The first-order chi connectivity index (χ1) is 8.74. The average molecular weight is 303 g/mol. The highest BCUT2D eigenvalue weighted by atomic mass is 79.9. The molecule has 90 valence electrons. The van der Waals surface area contributed by atoms with E-state index in [-0.39, 0.29) is 5.75 Å². The van der Waals surface area contributed by atoms with Crippen LogP contribution in [-0.2, 0) is 6.42 Å². The van der Waals surface area contributed by atoms with Gasteiger partial charge in [-0.25, -0.2) is 4.98 Å². The Balaban J connectivity index is 2.08. The first kappa shape index (κ1) is 11.3. The fourth-order valence-electron chi connectivity index (χ4n) is 2.00. The average Bonchev–Trinajstić information content (AvgIpc) is 2.67. The second kappa shape index (κ2) is 4.46. The third kappa shape index (κ3) is 1.99. The van der Waals surface area contributed by atoms with Gasteiger partial charge in [0.25, 0.3) is 0 Å². The second-order valence-electron chi connectivity index (χ2n) is 4.12. The van der Waals surface area contributed by atoms with Crippen LogP contribution >= 0.6 is 15.9 Å². The van der Waals surface area contributed by atoms with E-state index in [1.807, 2.05) is 28.8 Å². The van der Waals surface area contributed by atoms with Crippen LogP contribution in [0.25, 0.3) is 5.52 Å². The quantitative estimate of drug-likeness (QED) is 0.788. The van der Waals surface area contributed by atoms with Crippen molar-refractivity contribution in [1.29, 1.82) is 0 Å². The van der Waals surface area contributed by atoms with Gasteiger partial charge in [0.1, 0.15) is 16.2 Å². The number of imidazole rings is 1. The second-order valence-corrected chi connectivity index (χ2v) is 4.87. The molecule has 0 radical (unpaired) electrons. The van der Waals surface area contributed by atoms with Crippen molar-refractivity contribution in [3.05, 3.63) is 64.7 Å². The maximum absolute atomic E-state index is 9.49. The van der Waals surface area contributed by atoms with E-state index in [9.17, 15) is 5.11 Å². The molecule has 0 spiro atoms. The molecule has 0 aliphatic heterocycles. The van der Waals surface area contributed by atoms with Crippen LogP contribution in [0.1, 0.15) is 11.4 Å². The summed E-state index contributed by atoms with van der Waals surface area (Å²) in [5.41, 5.74) is 2.09. The van der Waals surface area contributed by atoms with Crippen LogP contribution in [0.4, 0.5) is 0 Å². The number of aromatic nitrogens is 2. The Hall–Kier alpha value is -1.81. The molecule has 3 aromatic rings. The number of benzene rings is 1. The molecule has 2 aromatic heterocycles. The van der Waals surface area contributed by atoms with Crippen LogP contribution in [-0.4, -0.2) is 14.5 Å². The maximum atomic E-state index is 9.49. The molecule has 0 amide bonds. The summed E-state index contributed by atoms with van der Waals surface area (Å²) in [4.78, 5) is 4.49. The number of hydrogen-bond donors (Lipinski definition) is 1. The van der Waals surface area contributed by atoms with Crippen LogP contribution in [0.5, 0.6) is 5.75 Å².